The molecule has 2 heterocycles. The summed E-state index contributed by atoms with van der Waals surface area (Å²) in [7, 11) is 0. The number of benzene rings is 1. The van der Waals surface area contributed by atoms with Crippen molar-refractivity contribution >= 4 is 50.7 Å². The molecule has 2 N–H and O–H groups in total. The third-order valence-corrected chi connectivity index (χ3v) is 5.42. The number of pyridine rings is 1. The molecule has 3 rings (SSSR count). The molecule has 0 spiro atoms. The molecular weight excluding hydrogens is 354 g/mol. The minimum atomic E-state index is -0.299. The van der Waals surface area contributed by atoms with Gasteiger partial charge >= 0.3 is 0 Å². The van der Waals surface area contributed by atoms with Gasteiger partial charge in [-0.05, 0) is 31.2 Å². The fourth-order valence-corrected chi connectivity index (χ4v) is 4.04. The molecule has 0 fully saturated rings. The van der Waals surface area contributed by atoms with Crippen LogP contribution >= 0.6 is 23.1 Å². The SMILES string of the molecule is C=CCNc1nnc(SC(C)C(=O)Nc2cccc3ncccc23)s1. The summed E-state index contributed by atoms with van der Waals surface area (Å²) in [5, 5.41) is 15.5. The van der Waals surface area contributed by atoms with Crippen LogP contribution in [0.5, 0.6) is 0 Å². The number of hydrogen-bond acceptors (Lipinski definition) is 7. The Morgan fingerprint density at radius 3 is 3.08 bits per heavy atom. The zero-order valence-electron chi connectivity index (χ0n) is 13.6. The Hall–Kier alpha value is -2.45. The standard InChI is InChI=1S/C17H17N5OS2/c1-3-9-19-16-21-22-17(25-16)24-11(2)15(23)20-14-8-4-7-13-12(14)6-5-10-18-13/h3-8,10-11H,1,9H2,2H3,(H,19,21)(H,20,23). The van der Waals surface area contributed by atoms with Gasteiger partial charge in [0.1, 0.15) is 0 Å². The lowest BCUT2D eigenvalue weighted by molar-refractivity contribution is -0.115. The zero-order chi connectivity index (χ0) is 17.6. The number of thioether (sulfide) groups is 1. The normalized spacial score (nSPS) is 11.9. The molecule has 1 amide bonds. The van der Waals surface area contributed by atoms with Crippen molar-refractivity contribution in [2.75, 3.05) is 17.2 Å². The number of hydrogen-bond donors (Lipinski definition) is 2. The van der Waals surface area contributed by atoms with Gasteiger partial charge in [0.15, 0.2) is 4.34 Å². The molecular formula is C17H17N5OS2. The second kappa shape index (κ2) is 8.09. The van der Waals surface area contributed by atoms with Crippen LogP contribution in [-0.2, 0) is 4.79 Å². The van der Waals surface area contributed by atoms with Gasteiger partial charge in [0.05, 0.1) is 16.5 Å². The number of fused-ring (bicyclic) bond motifs is 1. The van der Waals surface area contributed by atoms with Crippen LogP contribution in [0, 0.1) is 0 Å². The molecule has 8 heteroatoms. The second-order valence-electron chi connectivity index (χ2n) is 5.17. The number of rotatable bonds is 7. The third kappa shape index (κ3) is 4.34. The Balaban J connectivity index is 1.66. The molecule has 1 aromatic carbocycles. The molecule has 0 bridgehead atoms. The number of carbonyl (C=O) groups excluding carboxylic acids is 1. The van der Waals surface area contributed by atoms with E-state index in [-0.39, 0.29) is 11.2 Å². The summed E-state index contributed by atoms with van der Waals surface area (Å²) < 4.78 is 0.744. The predicted octanol–water partition coefficient (Wildman–Crippen LogP) is 3.80. The largest absolute Gasteiger partial charge is 0.357 e. The van der Waals surface area contributed by atoms with E-state index in [4.69, 9.17) is 0 Å². The van der Waals surface area contributed by atoms with Crippen molar-refractivity contribution < 1.29 is 4.79 Å². The highest BCUT2D eigenvalue weighted by Crippen LogP contribution is 2.30. The molecule has 0 radical (unpaired) electrons. The van der Waals surface area contributed by atoms with Crippen LogP contribution in [0.2, 0.25) is 0 Å². The van der Waals surface area contributed by atoms with Crippen LogP contribution in [0.15, 0.2) is 53.5 Å². The van der Waals surface area contributed by atoms with Crippen molar-refractivity contribution in [1.82, 2.24) is 15.2 Å². The van der Waals surface area contributed by atoms with Gasteiger partial charge in [-0.2, -0.15) is 0 Å². The lowest BCUT2D eigenvalue weighted by atomic mass is 10.2. The summed E-state index contributed by atoms with van der Waals surface area (Å²) in [5.41, 5.74) is 1.61. The van der Waals surface area contributed by atoms with Crippen molar-refractivity contribution in [2.45, 2.75) is 16.5 Å². The minimum Gasteiger partial charge on any atom is -0.357 e. The van der Waals surface area contributed by atoms with E-state index in [1.807, 2.05) is 37.3 Å². The van der Waals surface area contributed by atoms with Gasteiger partial charge in [0.2, 0.25) is 11.0 Å². The van der Waals surface area contributed by atoms with Crippen LogP contribution in [0.25, 0.3) is 10.9 Å². The summed E-state index contributed by atoms with van der Waals surface area (Å²) in [6.45, 7) is 6.13. The predicted molar refractivity (Wildman–Crippen MR) is 104 cm³/mol. The molecule has 128 valence electrons. The molecule has 25 heavy (non-hydrogen) atoms. The van der Waals surface area contributed by atoms with E-state index >= 15 is 0 Å². The Morgan fingerprint density at radius 2 is 2.24 bits per heavy atom. The fraction of sp³-hybridized carbons (Fsp3) is 0.176. The quantitative estimate of drug-likeness (QED) is 0.486. The Morgan fingerprint density at radius 1 is 1.36 bits per heavy atom. The molecule has 1 unspecified atom stereocenters. The van der Waals surface area contributed by atoms with Gasteiger partial charge in [0, 0.05) is 18.1 Å². The zero-order valence-corrected chi connectivity index (χ0v) is 15.2. The first-order valence-electron chi connectivity index (χ1n) is 7.67. The van der Waals surface area contributed by atoms with E-state index in [0.717, 1.165) is 26.1 Å². The molecule has 0 aliphatic rings. The highest BCUT2D eigenvalue weighted by molar-refractivity contribution is 8.02. The smallest absolute Gasteiger partial charge is 0.237 e. The van der Waals surface area contributed by atoms with Crippen LogP contribution in [0.3, 0.4) is 0 Å². The maximum atomic E-state index is 12.5. The number of aromatic nitrogens is 3. The van der Waals surface area contributed by atoms with Gasteiger partial charge in [-0.1, -0.05) is 35.2 Å². The second-order valence-corrected chi connectivity index (χ2v) is 7.73. The van der Waals surface area contributed by atoms with Gasteiger partial charge in [-0.25, -0.2) is 0 Å². The molecule has 0 aliphatic carbocycles. The summed E-state index contributed by atoms with van der Waals surface area (Å²) in [6.07, 6.45) is 3.49. The Kier molecular flexibility index (Phi) is 5.62. The highest BCUT2D eigenvalue weighted by atomic mass is 32.2. The maximum absolute atomic E-state index is 12.5. The molecule has 0 saturated heterocycles. The van der Waals surface area contributed by atoms with Crippen LogP contribution in [0.1, 0.15) is 6.92 Å². The van der Waals surface area contributed by atoms with E-state index < -0.39 is 0 Å². The average molecular weight is 371 g/mol. The number of nitrogens with zero attached hydrogens (tertiary/aromatic N) is 3. The molecule has 1 atom stereocenters. The van der Waals surface area contributed by atoms with E-state index in [0.29, 0.717) is 6.54 Å². The van der Waals surface area contributed by atoms with Crippen LogP contribution in [-0.4, -0.2) is 32.9 Å². The monoisotopic (exact) mass is 371 g/mol. The summed E-state index contributed by atoms with van der Waals surface area (Å²) in [5.74, 6) is -0.0860. The number of amides is 1. The maximum Gasteiger partial charge on any atom is 0.237 e. The highest BCUT2D eigenvalue weighted by Gasteiger charge is 2.18. The Labute approximate surface area is 153 Å². The topological polar surface area (TPSA) is 79.8 Å². The lowest BCUT2D eigenvalue weighted by Crippen LogP contribution is -2.22. The molecule has 3 aromatic rings. The van der Waals surface area contributed by atoms with Crippen molar-refractivity contribution in [3.05, 3.63) is 49.2 Å². The van der Waals surface area contributed by atoms with Crippen molar-refractivity contribution in [3.63, 3.8) is 0 Å². The first-order valence-corrected chi connectivity index (χ1v) is 9.36. The van der Waals surface area contributed by atoms with E-state index in [9.17, 15) is 4.79 Å². The van der Waals surface area contributed by atoms with Crippen molar-refractivity contribution in [1.29, 1.82) is 0 Å². The molecule has 0 saturated carbocycles. The van der Waals surface area contributed by atoms with E-state index in [2.05, 4.69) is 32.4 Å². The first-order chi connectivity index (χ1) is 12.2. The fourth-order valence-electron chi connectivity index (χ4n) is 2.14. The van der Waals surface area contributed by atoms with Crippen LogP contribution < -0.4 is 10.6 Å². The minimum absolute atomic E-state index is 0.0860. The van der Waals surface area contributed by atoms with Gasteiger partial charge in [-0.3, -0.25) is 9.78 Å². The van der Waals surface area contributed by atoms with Gasteiger partial charge in [0.25, 0.3) is 0 Å². The molecule has 6 nitrogen and oxygen atoms in total. The molecule has 2 aromatic heterocycles. The summed E-state index contributed by atoms with van der Waals surface area (Å²) in [4.78, 5) is 16.8. The number of nitrogens with one attached hydrogen (secondary N) is 2. The van der Waals surface area contributed by atoms with Crippen molar-refractivity contribution in [2.24, 2.45) is 0 Å². The van der Waals surface area contributed by atoms with Crippen molar-refractivity contribution in [3.8, 4) is 0 Å². The summed E-state index contributed by atoms with van der Waals surface area (Å²) in [6, 6.07) is 9.47. The van der Waals surface area contributed by atoms with Gasteiger partial charge in [-0.15, -0.1) is 16.8 Å². The Bertz CT molecular complexity index is 890. The van der Waals surface area contributed by atoms with E-state index in [1.165, 1.54) is 23.1 Å². The van der Waals surface area contributed by atoms with Crippen LogP contribution in [0.4, 0.5) is 10.8 Å². The third-order valence-electron chi connectivity index (χ3n) is 3.35. The number of carbonyl (C=O) groups is 1. The first kappa shape index (κ1) is 17.4. The molecule has 0 aliphatic heterocycles. The average Bonchev–Trinajstić information content (AvgIpc) is 3.07. The van der Waals surface area contributed by atoms with E-state index in [1.54, 1.807) is 12.3 Å². The lowest BCUT2D eigenvalue weighted by Gasteiger charge is -2.12. The van der Waals surface area contributed by atoms with Gasteiger partial charge < -0.3 is 10.6 Å². The number of anilines is 2. The summed E-state index contributed by atoms with van der Waals surface area (Å²) >= 11 is 2.80.